The molecule has 6 amide bonds. The highest BCUT2D eigenvalue weighted by Gasteiger charge is 2.34. The lowest BCUT2D eigenvalue weighted by atomic mass is 9.97. The third-order valence-corrected chi connectivity index (χ3v) is 7.98. The molecule has 1 rings (SSSR count). The Balaban J connectivity index is 3.00. The predicted octanol–water partition coefficient (Wildman–Crippen LogP) is -4.84. The number of phenolic OH excluding ortho intramolecular Hbond substituents is 1. The fraction of sp³-hybridized carbons (Fsp3) is 0.562. The van der Waals surface area contributed by atoms with Gasteiger partial charge in [-0.3, -0.25) is 33.6 Å². The van der Waals surface area contributed by atoms with E-state index in [1.54, 1.807) is 26.0 Å². The van der Waals surface area contributed by atoms with Crippen molar-refractivity contribution in [1.82, 2.24) is 31.9 Å². The number of rotatable bonds is 23. The van der Waals surface area contributed by atoms with Crippen LogP contribution in [0.15, 0.2) is 24.3 Å². The molecule has 8 atom stereocenters. The number of carboxylic acids is 2. The van der Waals surface area contributed by atoms with Crippen molar-refractivity contribution in [3.05, 3.63) is 29.8 Å². The van der Waals surface area contributed by atoms with Gasteiger partial charge in [-0.1, -0.05) is 32.4 Å². The highest BCUT2D eigenvalue weighted by atomic mass is 16.4. The Bertz CT molecular complexity index is 1440. The second-order valence-electron chi connectivity index (χ2n) is 12.1. The number of nitrogens with two attached hydrogens (primary N) is 1. The average Bonchev–Trinajstić information content (AvgIpc) is 3.11. The van der Waals surface area contributed by atoms with E-state index in [1.807, 2.05) is 0 Å². The fourth-order valence-corrected chi connectivity index (χ4v) is 4.53. The Morgan fingerprint density at radius 3 is 1.60 bits per heavy atom. The highest BCUT2D eigenvalue weighted by Crippen LogP contribution is 2.12. The predicted molar refractivity (Wildman–Crippen MR) is 182 cm³/mol. The normalized spacial score (nSPS) is 15.5. The van der Waals surface area contributed by atoms with Crippen LogP contribution < -0.4 is 37.6 Å². The molecule has 0 aliphatic rings. The van der Waals surface area contributed by atoms with Crippen molar-refractivity contribution in [2.24, 2.45) is 11.7 Å². The molecule has 0 aromatic heterocycles. The van der Waals surface area contributed by atoms with Gasteiger partial charge in [0, 0.05) is 6.42 Å². The van der Waals surface area contributed by atoms with Crippen molar-refractivity contribution in [2.75, 3.05) is 19.8 Å². The van der Waals surface area contributed by atoms with Gasteiger partial charge < -0.3 is 68.3 Å². The molecule has 1 aromatic rings. The van der Waals surface area contributed by atoms with E-state index in [9.17, 15) is 63.9 Å². The first-order chi connectivity index (χ1) is 24.9. The Labute approximate surface area is 304 Å². The summed E-state index contributed by atoms with van der Waals surface area (Å²) < 4.78 is 0. The monoisotopic (exact) mass is 755 g/mol. The van der Waals surface area contributed by atoms with Crippen molar-refractivity contribution in [3.63, 3.8) is 0 Å². The summed E-state index contributed by atoms with van der Waals surface area (Å²) in [5, 5.41) is 70.0. The van der Waals surface area contributed by atoms with E-state index in [1.165, 1.54) is 19.1 Å². The molecule has 0 aliphatic carbocycles. The van der Waals surface area contributed by atoms with Crippen LogP contribution in [0.5, 0.6) is 5.75 Å². The highest BCUT2D eigenvalue weighted by molar-refractivity contribution is 5.97. The molecule has 0 saturated carbocycles. The molecule has 53 heavy (non-hydrogen) atoms. The van der Waals surface area contributed by atoms with Crippen LogP contribution in [0.25, 0.3) is 0 Å². The number of phenols is 1. The number of carbonyl (C=O) groups is 8. The van der Waals surface area contributed by atoms with Gasteiger partial charge in [-0.2, -0.15) is 0 Å². The number of aliphatic carboxylic acids is 2. The van der Waals surface area contributed by atoms with E-state index < -0.39 is 128 Å². The van der Waals surface area contributed by atoms with Gasteiger partial charge in [-0.15, -0.1) is 0 Å². The molecule has 0 spiro atoms. The zero-order chi connectivity index (χ0) is 40.4. The van der Waals surface area contributed by atoms with Crippen LogP contribution in [0.4, 0.5) is 0 Å². The molecule has 14 N–H and O–H groups in total. The maximum absolute atomic E-state index is 13.2. The van der Waals surface area contributed by atoms with E-state index in [2.05, 4.69) is 31.9 Å². The van der Waals surface area contributed by atoms with Crippen molar-refractivity contribution in [2.45, 2.75) is 88.7 Å². The summed E-state index contributed by atoms with van der Waals surface area (Å²) in [5.74, 6) is -9.61. The number of aromatic hydroxyl groups is 1. The molecule has 21 nitrogen and oxygen atoms in total. The van der Waals surface area contributed by atoms with Gasteiger partial charge in [0.05, 0.1) is 25.9 Å². The molecule has 296 valence electrons. The lowest BCUT2D eigenvalue weighted by Crippen LogP contribution is -2.61. The van der Waals surface area contributed by atoms with Crippen LogP contribution in [0, 0.1) is 5.92 Å². The fourth-order valence-electron chi connectivity index (χ4n) is 4.53. The molecular formula is C32H49N7O14. The number of aliphatic hydroxyl groups is 3. The number of hydrogen-bond donors (Lipinski definition) is 13. The standard InChI is InChI=1S/C32H49N7O14/c1-4-15(2)25(31(51)38-23(14-42)32(52)53)39-30(50)22(13-41)37-28(48)20(9-10-24(44)45)35-29(49)21(12-40)36-26(46)16(3)34-27(47)19(33)11-17-5-7-18(43)8-6-17/h5-8,15-16,19-23,25,40-43H,4,9-14,33H2,1-3H3,(H,34,47)(H,35,49)(H,36,46)(H,37,48)(H,38,51)(H,39,50)(H,44,45)(H,52,53)/t15-,16-,19-,20-,21-,22-,23-,25-/m0/s1. The zero-order valence-electron chi connectivity index (χ0n) is 29.4. The second kappa shape index (κ2) is 22.5. The zero-order valence-corrected chi connectivity index (χ0v) is 29.4. The van der Waals surface area contributed by atoms with E-state index in [-0.39, 0.29) is 12.2 Å². The van der Waals surface area contributed by atoms with E-state index in [4.69, 9.17) is 10.8 Å². The van der Waals surface area contributed by atoms with Crippen LogP contribution in [0.1, 0.15) is 45.6 Å². The maximum atomic E-state index is 13.2. The summed E-state index contributed by atoms with van der Waals surface area (Å²) in [4.78, 5) is 100. The number of carbonyl (C=O) groups excluding carboxylic acids is 6. The number of aliphatic hydroxyl groups excluding tert-OH is 3. The van der Waals surface area contributed by atoms with Crippen LogP contribution >= 0.6 is 0 Å². The lowest BCUT2D eigenvalue weighted by molar-refractivity contribution is -0.144. The minimum Gasteiger partial charge on any atom is -0.508 e. The summed E-state index contributed by atoms with van der Waals surface area (Å²) in [6, 6.07) is -4.71. The Morgan fingerprint density at radius 2 is 1.11 bits per heavy atom. The molecule has 1 aromatic carbocycles. The largest absolute Gasteiger partial charge is 0.508 e. The van der Waals surface area contributed by atoms with Crippen LogP contribution in [0.2, 0.25) is 0 Å². The Kier molecular flexibility index (Phi) is 19.4. The number of carboxylic acid groups (broad SMARTS) is 2. The molecule has 0 unspecified atom stereocenters. The summed E-state index contributed by atoms with van der Waals surface area (Å²) in [5.41, 5.74) is 6.54. The van der Waals surface area contributed by atoms with Gasteiger partial charge in [0.25, 0.3) is 0 Å². The quantitative estimate of drug-likeness (QED) is 0.0498. The third kappa shape index (κ3) is 15.4. The minimum atomic E-state index is -1.77. The molecule has 21 heteroatoms. The summed E-state index contributed by atoms with van der Waals surface area (Å²) in [7, 11) is 0. The van der Waals surface area contributed by atoms with E-state index in [0.717, 1.165) is 0 Å². The number of benzene rings is 1. The topological polar surface area (TPSA) is 356 Å². The third-order valence-electron chi connectivity index (χ3n) is 7.98. The summed E-state index contributed by atoms with van der Waals surface area (Å²) >= 11 is 0. The van der Waals surface area contributed by atoms with Gasteiger partial charge in [0.2, 0.25) is 35.4 Å². The molecule has 0 saturated heterocycles. The van der Waals surface area contributed by atoms with Crippen molar-refractivity contribution in [1.29, 1.82) is 0 Å². The first-order valence-corrected chi connectivity index (χ1v) is 16.5. The Hall–Kier alpha value is -5.38. The minimum absolute atomic E-state index is 0.0130. The van der Waals surface area contributed by atoms with E-state index >= 15 is 0 Å². The van der Waals surface area contributed by atoms with Crippen LogP contribution in [-0.2, 0) is 44.8 Å². The van der Waals surface area contributed by atoms with Gasteiger partial charge in [0.15, 0.2) is 0 Å². The Morgan fingerprint density at radius 1 is 0.642 bits per heavy atom. The molecule has 0 aliphatic heterocycles. The van der Waals surface area contributed by atoms with Crippen LogP contribution in [0.3, 0.4) is 0 Å². The maximum Gasteiger partial charge on any atom is 0.328 e. The van der Waals surface area contributed by atoms with Crippen molar-refractivity contribution in [3.8, 4) is 5.75 Å². The summed E-state index contributed by atoms with van der Waals surface area (Å²) in [6.07, 6.45) is -0.868. The van der Waals surface area contributed by atoms with Gasteiger partial charge in [0.1, 0.15) is 42.0 Å². The lowest BCUT2D eigenvalue weighted by Gasteiger charge is -2.28. The summed E-state index contributed by atoms with van der Waals surface area (Å²) in [6.45, 7) is 1.47. The molecule has 0 fully saturated rings. The van der Waals surface area contributed by atoms with E-state index in [0.29, 0.717) is 12.0 Å². The first-order valence-electron chi connectivity index (χ1n) is 16.5. The average molecular weight is 756 g/mol. The van der Waals surface area contributed by atoms with Crippen LogP contribution in [-0.4, -0.2) is 140 Å². The molecular weight excluding hydrogens is 706 g/mol. The number of amides is 6. The smallest absolute Gasteiger partial charge is 0.328 e. The van der Waals surface area contributed by atoms with Crippen molar-refractivity contribution >= 4 is 47.4 Å². The van der Waals surface area contributed by atoms with Gasteiger partial charge in [-0.25, -0.2) is 4.79 Å². The first kappa shape index (κ1) is 45.6. The number of hydrogen-bond acceptors (Lipinski definition) is 13. The molecule has 0 radical (unpaired) electrons. The van der Waals surface area contributed by atoms with Gasteiger partial charge in [-0.05, 0) is 43.4 Å². The molecule has 0 bridgehead atoms. The SMILES string of the molecule is CC[C@H](C)[C@H](NC(=O)[C@H](CO)NC(=O)[C@H](CCC(=O)O)NC(=O)[C@H](CO)NC(=O)[C@H](C)NC(=O)[C@@H](N)Cc1ccc(O)cc1)C(=O)N[C@@H](CO)C(=O)O. The molecule has 0 heterocycles. The van der Waals surface area contributed by atoms with Gasteiger partial charge >= 0.3 is 11.9 Å². The number of nitrogens with one attached hydrogen (secondary N) is 6. The second-order valence-corrected chi connectivity index (χ2v) is 12.1. The van der Waals surface area contributed by atoms with Crippen molar-refractivity contribution < 1.29 is 69.0 Å².